The maximum absolute atomic E-state index is 12.6. The number of pyridine rings is 1. The summed E-state index contributed by atoms with van der Waals surface area (Å²) in [5, 5.41) is 11.9. The van der Waals surface area contributed by atoms with Gasteiger partial charge in [0.2, 0.25) is 11.8 Å². The van der Waals surface area contributed by atoms with Crippen molar-refractivity contribution < 1.29 is 19.5 Å². The monoisotopic (exact) mass is 382 g/mol. The highest BCUT2D eigenvalue weighted by Gasteiger charge is 2.30. The molecule has 0 radical (unpaired) electrons. The zero-order valence-electron chi connectivity index (χ0n) is 15.3. The van der Waals surface area contributed by atoms with Crippen molar-refractivity contribution in [3.8, 4) is 0 Å². The standard InChI is InChI=1S/C20H22N4O4/c21-17-7-3-4-14(23-17)11-22-18(25)12-24-16-6-2-1-5-15(16)13(10-20(27)28)8-9-19(24)26/h1-7,13H,8-12H2,(H2,21,23)(H,22,25)(H,27,28). The molecule has 146 valence electrons. The first-order valence-corrected chi connectivity index (χ1v) is 9.03. The minimum atomic E-state index is -0.909. The second kappa shape index (κ2) is 8.51. The van der Waals surface area contributed by atoms with Gasteiger partial charge in [-0.2, -0.15) is 0 Å². The number of fused-ring (bicyclic) bond motifs is 1. The number of anilines is 2. The van der Waals surface area contributed by atoms with Crippen LogP contribution in [0.15, 0.2) is 42.5 Å². The van der Waals surface area contributed by atoms with Crippen molar-refractivity contribution in [1.29, 1.82) is 0 Å². The molecule has 0 fully saturated rings. The van der Waals surface area contributed by atoms with Crippen LogP contribution in [0.4, 0.5) is 11.5 Å². The van der Waals surface area contributed by atoms with Gasteiger partial charge in [-0.25, -0.2) is 4.98 Å². The van der Waals surface area contributed by atoms with Gasteiger partial charge in [-0.1, -0.05) is 24.3 Å². The molecule has 1 aromatic carbocycles. The third kappa shape index (κ3) is 4.64. The number of rotatable bonds is 6. The molecule has 8 heteroatoms. The van der Waals surface area contributed by atoms with Gasteiger partial charge in [0.1, 0.15) is 12.4 Å². The number of carbonyl (C=O) groups excluding carboxylic acids is 2. The van der Waals surface area contributed by atoms with Crippen molar-refractivity contribution in [3.05, 3.63) is 53.7 Å². The van der Waals surface area contributed by atoms with Gasteiger partial charge < -0.3 is 21.1 Å². The van der Waals surface area contributed by atoms with Crippen LogP contribution in [0, 0.1) is 0 Å². The Kier molecular flexibility index (Phi) is 5.88. The van der Waals surface area contributed by atoms with Gasteiger partial charge in [0.05, 0.1) is 18.7 Å². The van der Waals surface area contributed by atoms with E-state index in [1.165, 1.54) is 4.90 Å². The zero-order chi connectivity index (χ0) is 20.1. The van der Waals surface area contributed by atoms with Gasteiger partial charge in [-0.3, -0.25) is 14.4 Å². The minimum absolute atomic E-state index is 0.0502. The van der Waals surface area contributed by atoms with Gasteiger partial charge in [0.15, 0.2) is 0 Å². The van der Waals surface area contributed by atoms with Crippen LogP contribution in [0.25, 0.3) is 0 Å². The summed E-state index contributed by atoms with van der Waals surface area (Å²) in [5.74, 6) is -1.33. The fourth-order valence-corrected chi connectivity index (χ4v) is 3.38. The molecule has 1 atom stereocenters. The summed E-state index contributed by atoms with van der Waals surface area (Å²) in [6, 6.07) is 12.3. The van der Waals surface area contributed by atoms with E-state index in [1.54, 1.807) is 30.3 Å². The van der Waals surface area contributed by atoms with Crippen molar-refractivity contribution in [2.24, 2.45) is 0 Å². The molecular formula is C20H22N4O4. The molecule has 1 aromatic heterocycles. The molecule has 1 aliphatic rings. The van der Waals surface area contributed by atoms with Gasteiger partial charge in [0, 0.05) is 12.1 Å². The van der Waals surface area contributed by atoms with Crippen LogP contribution >= 0.6 is 0 Å². The average molecular weight is 382 g/mol. The minimum Gasteiger partial charge on any atom is -0.481 e. The molecule has 2 heterocycles. The molecule has 28 heavy (non-hydrogen) atoms. The summed E-state index contributed by atoms with van der Waals surface area (Å²) in [4.78, 5) is 41.8. The second-order valence-electron chi connectivity index (χ2n) is 6.70. The topological polar surface area (TPSA) is 126 Å². The molecule has 0 saturated heterocycles. The van der Waals surface area contributed by atoms with E-state index in [9.17, 15) is 19.5 Å². The van der Waals surface area contributed by atoms with E-state index in [-0.39, 0.29) is 43.7 Å². The molecule has 3 rings (SSSR count). The van der Waals surface area contributed by atoms with Gasteiger partial charge in [-0.15, -0.1) is 0 Å². The normalized spacial score (nSPS) is 16.2. The lowest BCUT2D eigenvalue weighted by atomic mass is 9.91. The number of carbonyl (C=O) groups is 3. The molecule has 0 spiro atoms. The Balaban J connectivity index is 1.74. The van der Waals surface area contributed by atoms with E-state index in [1.807, 2.05) is 12.1 Å². The maximum Gasteiger partial charge on any atom is 0.303 e. The van der Waals surface area contributed by atoms with Crippen LogP contribution in [-0.2, 0) is 20.9 Å². The van der Waals surface area contributed by atoms with Crippen LogP contribution in [0.1, 0.15) is 36.4 Å². The van der Waals surface area contributed by atoms with E-state index in [4.69, 9.17) is 5.73 Å². The predicted molar refractivity (Wildman–Crippen MR) is 104 cm³/mol. The Morgan fingerprint density at radius 1 is 1.21 bits per heavy atom. The van der Waals surface area contributed by atoms with Crippen LogP contribution < -0.4 is 16.0 Å². The quantitative estimate of drug-likeness (QED) is 0.698. The van der Waals surface area contributed by atoms with Crippen LogP contribution in [-0.4, -0.2) is 34.4 Å². The smallest absolute Gasteiger partial charge is 0.303 e. The van der Waals surface area contributed by atoms with Crippen LogP contribution in [0.5, 0.6) is 0 Å². The molecule has 1 unspecified atom stereocenters. The number of nitrogens with zero attached hydrogens (tertiary/aromatic N) is 2. The average Bonchev–Trinajstić information content (AvgIpc) is 2.78. The summed E-state index contributed by atoms with van der Waals surface area (Å²) >= 11 is 0. The highest BCUT2D eigenvalue weighted by atomic mass is 16.4. The van der Waals surface area contributed by atoms with E-state index in [0.29, 0.717) is 23.6 Å². The summed E-state index contributed by atoms with van der Waals surface area (Å²) in [5.41, 5.74) is 7.62. The first kappa shape index (κ1) is 19.3. The lowest BCUT2D eigenvalue weighted by Gasteiger charge is -2.23. The van der Waals surface area contributed by atoms with Crippen molar-refractivity contribution >= 4 is 29.3 Å². The number of amides is 2. The molecule has 0 aliphatic carbocycles. The maximum atomic E-state index is 12.6. The zero-order valence-corrected chi connectivity index (χ0v) is 15.3. The highest BCUT2D eigenvalue weighted by molar-refractivity contribution is 6.00. The summed E-state index contributed by atoms with van der Waals surface area (Å²) in [6.07, 6.45) is 0.579. The molecule has 2 amide bonds. The number of benzene rings is 1. The number of para-hydroxylation sites is 1. The number of hydrogen-bond acceptors (Lipinski definition) is 5. The molecule has 0 bridgehead atoms. The third-order valence-corrected chi connectivity index (χ3v) is 4.69. The molecular weight excluding hydrogens is 360 g/mol. The lowest BCUT2D eigenvalue weighted by Crippen LogP contribution is -2.40. The molecule has 1 aliphatic heterocycles. The lowest BCUT2D eigenvalue weighted by molar-refractivity contribution is -0.137. The summed E-state index contributed by atoms with van der Waals surface area (Å²) < 4.78 is 0. The summed E-state index contributed by atoms with van der Waals surface area (Å²) in [7, 11) is 0. The van der Waals surface area contributed by atoms with Crippen molar-refractivity contribution in [2.45, 2.75) is 31.7 Å². The molecule has 8 nitrogen and oxygen atoms in total. The SMILES string of the molecule is Nc1cccc(CNC(=O)CN2C(=O)CCC(CC(=O)O)c3ccccc32)n1. The number of nitrogen functional groups attached to an aromatic ring is 1. The largest absolute Gasteiger partial charge is 0.481 e. The fourth-order valence-electron chi connectivity index (χ4n) is 3.38. The Morgan fingerprint density at radius 2 is 2.00 bits per heavy atom. The second-order valence-corrected chi connectivity index (χ2v) is 6.70. The van der Waals surface area contributed by atoms with E-state index < -0.39 is 5.97 Å². The number of aromatic nitrogens is 1. The first-order chi connectivity index (χ1) is 13.4. The van der Waals surface area contributed by atoms with Gasteiger partial charge >= 0.3 is 5.97 Å². The number of carboxylic acid groups (broad SMARTS) is 1. The van der Waals surface area contributed by atoms with Crippen molar-refractivity contribution in [1.82, 2.24) is 10.3 Å². The van der Waals surface area contributed by atoms with E-state index in [2.05, 4.69) is 10.3 Å². The van der Waals surface area contributed by atoms with Crippen LogP contribution in [0.3, 0.4) is 0 Å². The number of carboxylic acids is 1. The van der Waals surface area contributed by atoms with Crippen molar-refractivity contribution in [2.75, 3.05) is 17.2 Å². The van der Waals surface area contributed by atoms with Gasteiger partial charge in [0.25, 0.3) is 0 Å². The highest BCUT2D eigenvalue weighted by Crippen LogP contribution is 2.36. The fraction of sp³-hybridized carbons (Fsp3) is 0.300. The van der Waals surface area contributed by atoms with E-state index >= 15 is 0 Å². The van der Waals surface area contributed by atoms with Crippen LogP contribution in [0.2, 0.25) is 0 Å². The third-order valence-electron chi connectivity index (χ3n) is 4.69. The Labute approximate surface area is 162 Å². The molecule has 4 N–H and O–H groups in total. The van der Waals surface area contributed by atoms with Gasteiger partial charge in [-0.05, 0) is 36.1 Å². The molecule has 2 aromatic rings. The first-order valence-electron chi connectivity index (χ1n) is 9.03. The Morgan fingerprint density at radius 3 is 2.75 bits per heavy atom. The number of aliphatic carboxylic acids is 1. The predicted octanol–water partition coefficient (Wildman–Crippen LogP) is 1.67. The Hall–Kier alpha value is -3.42. The van der Waals surface area contributed by atoms with E-state index in [0.717, 1.165) is 5.56 Å². The van der Waals surface area contributed by atoms with Crippen molar-refractivity contribution in [3.63, 3.8) is 0 Å². The summed E-state index contributed by atoms with van der Waals surface area (Å²) in [6.45, 7) is 0.0626. The molecule has 0 saturated carbocycles. The number of nitrogens with two attached hydrogens (primary N) is 1. The number of hydrogen-bond donors (Lipinski definition) is 3. The number of nitrogens with one attached hydrogen (secondary N) is 1. The Bertz CT molecular complexity index is 899.